The van der Waals surface area contributed by atoms with Crippen LogP contribution >= 0.6 is 0 Å². The van der Waals surface area contributed by atoms with E-state index < -0.39 is 0 Å². The first kappa shape index (κ1) is 16.8. The highest BCUT2D eigenvalue weighted by Crippen LogP contribution is 1.88. The van der Waals surface area contributed by atoms with Crippen LogP contribution in [0.15, 0.2) is 0 Å². The number of rotatable bonds is 7. The summed E-state index contributed by atoms with van der Waals surface area (Å²) in [5, 5.41) is 0. The quantitative estimate of drug-likeness (QED) is 0.485. The molecule has 0 heterocycles. The largest absolute Gasteiger partial charge is 0.356 e. The molecule has 0 atom stereocenters. The van der Waals surface area contributed by atoms with E-state index in [1.54, 1.807) is 19.1 Å². The molecule has 0 saturated heterocycles. The fraction of sp³-hybridized carbons (Fsp3) is 0.909. The topological polar surface area (TPSA) is 38.8 Å². The molecule has 0 saturated carbocycles. The summed E-state index contributed by atoms with van der Waals surface area (Å²) in [5.41, 5.74) is 0. The van der Waals surface area contributed by atoms with Gasteiger partial charge in [0.05, 0.1) is 0 Å². The number of nitrogens with zero attached hydrogens (tertiary/aromatic N) is 1. The highest BCUT2D eigenvalue weighted by Gasteiger charge is 1.94. The van der Waals surface area contributed by atoms with Crippen LogP contribution < -0.4 is 0 Å². The van der Waals surface area contributed by atoms with Crippen LogP contribution in [0, 0.1) is 0 Å². The molecule has 1 amide bonds. The minimum absolute atomic E-state index is 0.0648. The van der Waals surface area contributed by atoms with Crippen LogP contribution in [-0.2, 0) is 14.3 Å². The van der Waals surface area contributed by atoms with Crippen molar-refractivity contribution in [2.45, 2.75) is 39.9 Å². The van der Waals surface area contributed by atoms with Crippen molar-refractivity contribution in [2.75, 3.05) is 27.3 Å². The molecule has 0 rings (SSSR count). The van der Waals surface area contributed by atoms with Gasteiger partial charge in [0.15, 0.2) is 6.29 Å². The molecular formula is C11H25NO3. The number of methoxy groups -OCH3 is 2. The van der Waals surface area contributed by atoms with E-state index in [1.165, 1.54) is 0 Å². The molecule has 0 unspecified atom stereocenters. The van der Waals surface area contributed by atoms with Crippen molar-refractivity contribution in [1.29, 1.82) is 0 Å². The molecule has 0 bridgehead atoms. The van der Waals surface area contributed by atoms with Gasteiger partial charge in [-0.2, -0.15) is 0 Å². The monoisotopic (exact) mass is 219 g/mol. The van der Waals surface area contributed by atoms with Crippen LogP contribution in [0.25, 0.3) is 0 Å². The fourth-order valence-corrected chi connectivity index (χ4v) is 0.888. The highest BCUT2D eigenvalue weighted by atomic mass is 16.7. The summed E-state index contributed by atoms with van der Waals surface area (Å²) in [5.74, 6) is 0. The maximum Gasteiger partial charge on any atom is 0.209 e. The molecule has 0 aliphatic heterocycles. The van der Waals surface area contributed by atoms with Crippen LogP contribution in [0.1, 0.15) is 33.6 Å². The predicted molar refractivity (Wildman–Crippen MR) is 61.7 cm³/mol. The molecule has 4 nitrogen and oxygen atoms in total. The summed E-state index contributed by atoms with van der Waals surface area (Å²) in [6, 6.07) is 0. The first-order valence-electron chi connectivity index (χ1n) is 5.41. The van der Waals surface area contributed by atoms with Crippen LogP contribution in [0.4, 0.5) is 0 Å². The van der Waals surface area contributed by atoms with Crippen LogP contribution in [-0.4, -0.2) is 44.9 Å². The number of ether oxygens (including phenoxy) is 2. The van der Waals surface area contributed by atoms with Gasteiger partial charge >= 0.3 is 0 Å². The van der Waals surface area contributed by atoms with Crippen molar-refractivity contribution in [2.24, 2.45) is 0 Å². The van der Waals surface area contributed by atoms with Crippen molar-refractivity contribution >= 4 is 6.41 Å². The molecule has 0 aromatic rings. The summed E-state index contributed by atoms with van der Waals surface area (Å²) >= 11 is 0. The predicted octanol–water partition coefficient (Wildman–Crippen LogP) is 1.89. The smallest absolute Gasteiger partial charge is 0.209 e. The Labute approximate surface area is 93.5 Å². The normalized spacial score (nSPS) is 9.47. The van der Waals surface area contributed by atoms with E-state index in [4.69, 9.17) is 0 Å². The Balaban J connectivity index is 0. The lowest BCUT2D eigenvalue weighted by Crippen LogP contribution is -2.23. The van der Waals surface area contributed by atoms with E-state index in [-0.39, 0.29) is 6.29 Å². The number of carbonyl (C=O) groups excluding carboxylic acids is 1. The zero-order chi connectivity index (χ0) is 12.1. The van der Waals surface area contributed by atoms with Gasteiger partial charge in [0.25, 0.3) is 0 Å². The Hall–Kier alpha value is -0.610. The Morgan fingerprint density at radius 3 is 1.67 bits per heavy atom. The lowest BCUT2D eigenvalue weighted by Gasteiger charge is -2.13. The zero-order valence-electron chi connectivity index (χ0n) is 10.7. The third-order valence-electron chi connectivity index (χ3n) is 1.83. The molecule has 0 fully saturated rings. The Morgan fingerprint density at radius 1 is 1.13 bits per heavy atom. The van der Waals surface area contributed by atoms with Crippen LogP contribution in [0.5, 0.6) is 0 Å². The third-order valence-corrected chi connectivity index (χ3v) is 1.83. The minimum Gasteiger partial charge on any atom is -0.356 e. The van der Waals surface area contributed by atoms with Crippen molar-refractivity contribution in [3.05, 3.63) is 0 Å². The molecule has 0 aromatic heterocycles. The maximum atomic E-state index is 10.2. The highest BCUT2D eigenvalue weighted by molar-refractivity contribution is 5.46. The average molecular weight is 219 g/mol. The van der Waals surface area contributed by atoms with E-state index >= 15 is 0 Å². The zero-order valence-corrected chi connectivity index (χ0v) is 10.7. The van der Waals surface area contributed by atoms with Crippen molar-refractivity contribution in [1.82, 2.24) is 4.90 Å². The number of hydrogen-bond acceptors (Lipinski definition) is 3. The lowest BCUT2D eigenvalue weighted by molar-refractivity contribution is -0.118. The van der Waals surface area contributed by atoms with Gasteiger partial charge in [-0.3, -0.25) is 4.79 Å². The Morgan fingerprint density at radius 2 is 1.53 bits per heavy atom. The van der Waals surface area contributed by atoms with Gasteiger partial charge in [-0.25, -0.2) is 0 Å². The first-order chi connectivity index (χ1) is 7.15. The van der Waals surface area contributed by atoms with Gasteiger partial charge < -0.3 is 14.4 Å². The standard InChI is InChI=1S/C7H15NO.C4H10O2/c1-3-5-8(7-9)6-4-2;1-4(5-2)6-3/h7H,3-6H2,1-2H3;4H,1-3H3. The van der Waals surface area contributed by atoms with Gasteiger partial charge in [-0.1, -0.05) is 13.8 Å². The summed E-state index contributed by atoms with van der Waals surface area (Å²) in [6.45, 7) is 7.78. The molecule has 0 radical (unpaired) electrons. The molecule has 4 heteroatoms. The van der Waals surface area contributed by atoms with E-state index in [2.05, 4.69) is 23.3 Å². The third kappa shape index (κ3) is 13.4. The second-order valence-electron chi connectivity index (χ2n) is 3.18. The second-order valence-corrected chi connectivity index (χ2v) is 3.18. The summed E-state index contributed by atoms with van der Waals surface area (Å²) in [6.07, 6.45) is 2.97. The average Bonchev–Trinajstić information content (AvgIpc) is 2.28. The van der Waals surface area contributed by atoms with Crippen molar-refractivity contribution in [3.63, 3.8) is 0 Å². The Bertz CT molecular complexity index is 121. The fourth-order valence-electron chi connectivity index (χ4n) is 0.888. The van der Waals surface area contributed by atoms with E-state index in [0.29, 0.717) is 0 Å². The first-order valence-corrected chi connectivity index (χ1v) is 5.41. The number of amides is 1. The molecule has 15 heavy (non-hydrogen) atoms. The van der Waals surface area contributed by atoms with Gasteiger partial charge in [-0.15, -0.1) is 0 Å². The SMILES string of the molecule is CCCN(C=O)CCC.COC(C)OC. The van der Waals surface area contributed by atoms with E-state index in [1.807, 2.05) is 6.92 Å². The minimum atomic E-state index is -0.0648. The van der Waals surface area contributed by atoms with Gasteiger partial charge in [-0.05, 0) is 19.8 Å². The lowest BCUT2D eigenvalue weighted by atomic mass is 10.4. The number of hydrogen-bond donors (Lipinski definition) is 0. The van der Waals surface area contributed by atoms with Crippen molar-refractivity contribution in [3.8, 4) is 0 Å². The van der Waals surface area contributed by atoms with E-state index in [9.17, 15) is 4.79 Å². The molecule has 0 spiro atoms. The van der Waals surface area contributed by atoms with Crippen molar-refractivity contribution < 1.29 is 14.3 Å². The summed E-state index contributed by atoms with van der Waals surface area (Å²) in [7, 11) is 3.21. The molecule has 92 valence electrons. The van der Waals surface area contributed by atoms with Gasteiger partial charge in [0.1, 0.15) is 0 Å². The summed E-state index contributed by atoms with van der Waals surface area (Å²) < 4.78 is 9.35. The van der Waals surface area contributed by atoms with Gasteiger partial charge in [0, 0.05) is 27.3 Å². The molecule has 0 aliphatic carbocycles. The number of carbonyl (C=O) groups is 1. The van der Waals surface area contributed by atoms with Crippen LogP contribution in [0.3, 0.4) is 0 Å². The maximum absolute atomic E-state index is 10.2. The summed E-state index contributed by atoms with van der Waals surface area (Å²) in [4.78, 5) is 12.0. The molecule has 0 aliphatic rings. The molecular weight excluding hydrogens is 194 g/mol. The molecule has 0 N–H and O–H groups in total. The van der Waals surface area contributed by atoms with Gasteiger partial charge in [0.2, 0.25) is 6.41 Å². The van der Waals surface area contributed by atoms with Crippen LogP contribution in [0.2, 0.25) is 0 Å². The Kier molecular flexibility index (Phi) is 15.0. The molecule has 0 aromatic carbocycles. The second kappa shape index (κ2) is 13.4. The van der Waals surface area contributed by atoms with E-state index in [0.717, 1.165) is 32.3 Å².